The largest absolute Gasteiger partial charge is 0.384 e. The minimum absolute atomic E-state index is 0.141. The molecular weight excluding hydrogens is 248 g/mol. The summed E-state index contributed by atoms with van der Waals surface area (Å²) in [5, 5.41) is 7.50. The molecule has 2 rings (SSSR count). The van der Waals surface area contributed by atoms with E-state index in [-0.39, 0.29) is 5.84 Å². The number of rotatable bonds is 6. The molecule has 0 bridgehead atoms. The van der Waals surface area contributed by atoms with Crippen LogP contribution in [0.3, 0.4) is 0 Å². The van der Waals surface area contributed by atoms with Gasteiger partial charge in [-0.25, -0.2) is 0 Å². The number of amidine groups is 1. The molecule has 4 nitrogen and oxygen atoms in total. The van der Waals surface area contributed by atoms with E-state index >= 15 is 0 Å². The molecule has 1 aliphatic rings. The maximum absolute atomic E-state index is 7.50. The summed E-state index contributed by atoms with van der Waals surface area (Å²) in [6, 6.07) is 8.69. The molecule has 1 fully saturated rings. The third kappa shape index (κ3) is 3.81. The van der Waals surface area contributed by atoms with Crippen LogP contribution < -0.4 is 5.73 Å². The summed E-state index contributed by atoms with van der Waals surface area (Å²) < 4.78 is 0. The highest BCUT2D eigenvalue weighted by Crippen LogP contribution is 2.18. The lowest BCUT2D eigenvalue weighted by Gasteiger charge is -2.27. The molecule has 1 atom stereocenters. The van der Waals surface area contributed by atoms with Crippen molar-refractivity contribution in [2.45, 2.75) is 32.4 Å². The minimum Gasteiger partial charge on any atom is -0.384 e. The zero-order valence-corrected chi connectivity index (χ0v) is 12.6. The van der Waals surface area contributed by atoms with E-state index in [1.54, 1.807) is 0 Å². The number of likely N-dealkylation sites (tertiary alicyclic amines) is 1. The van der Waals surface area contributed by atoms with Gasteiger partial charge in [-0.15, -0.1) is 0 Å². The topological polar surface area (TPSA) is 56.4 Å². The second kappa shape index (κ2) is 6.86. The van der Waals surface area contributed by atoms with Gasteiger partial charge in [0.15, 0.2) is 0 Å². The van der Waals surface area contributed by atoms with Gasteiger partial charge in [0.05, 0.1) is 0 Å². The predicted molar refractivity (Wildman–Crippen MR) is 84.1 cm³/mol. The van der Waals surface area contributed by atoms with Crippen LogP contribution >= 0.6 is 0 Å². The van der Waals surface area contributed by atoms with Gasteiger partial charge in [0.1, 0.15) is 5.84 Å². The van der Waals surface area contributed by atoms with Crippen LogP contribution in [0.1, 0.15) is 30.9 Å². The molecule has 4 heteroatoms. The van der Waals surface area contributed by atoms with Gasteiger partial charge in [-0.2, -0.15) is 0 Å². The number of nitrogen functional groups attached to an aromatic ring is 1. The van der Waals surface area contributed by atoms with Crippen LogP contribution in [0.15, 0.2) is 24.3 Å². The number of nitrogens with one attached hydrogen (secondary N) is 1. The van der Waals surface area contributed by atoms with E-state index in [2.05, 4.69) is 29.8 Å². The van der Waals surface area contributed by atoms with Crippen LogP contribution in [0.4, 0.5) is 0 Å². The number of likely N-dealkylation sites (N-methyl/N-ethyl adjacent to an activating group) is 2. The van der Waals surface area contributed by atoms with Crippen LogP contribution in [-0.4, -0.2) is 48.4 Å². The molecule has 3 N–H and O–H groups in total. The maximum atomic E-state index is 7.50. The van der Waals surface area contributed by atoms with Crippen LogP contribution in [0.5, 0.6) is 0 Å². The Balaban J connectivity index is 1.92. The number of hydrogen-bond donors (Lipinski definition) is 2. The quantitative estimate of drug-likeness (QED) is 0.615. The average Bonchev–Trinajstić information content (AvgIpc) is 2.86. The fourth-order valence-corrected chi connectivity index (χ4v) is 3.09. The smallest absolute Gasteiger partial charge is 0.122 e. The van der Waals surface area contributed by atoms with Crippen molar-refractivity contribution in [3.05, 3.63) is 35.4 Å². The van der Waals surface area contributed by atoms with Gasteiger partial charge < -0.3 is 10.6 Å². The van der Waals surface area contributed by atoms with Crippen molar-refractivity contribution in [3.63, 3.8) is 0 Å². The van der Waals surface area contributed by atoms with Gasteiger partial charge in [-0.3, -0.25) is 10.3 Å². The average molecular weight is 274 g/mol. The van der Waals surface area contributed by atoms with Crippen molar-refractivity contribution in [3.8, 4) is 0 Å². The molecule has 20 heavy (non-hydrogen) atoms. The summed E-state index contributed by atoms with van der Waals surface area (Å²) in [5.74, 6) is 0.141. The Hall–Kier alpha value is -1.39. The second-order valence-corrected chi connectivity index (χ2v) is 5.74. The highest BCUT2D eigenvalue weighted by atomic mass is 15.2. The van der Waals surface area contributed by atoms with Gasteiger partial charge in [0.2, 0.25) is 0 Å². The molecule has 0 radical (unpaired) electrons. The van der Waals surface area contributed by atoms with Gasteiger partial charge in [-0.05, 0) is 44.6 Å². The SMILES string of the molecule is CCN1CCCC1CN(C)Cc1cccc(C(=N)N)c1. The fraction of sp³-hybridized carbons (Fsp3) is 0.562. The first-order chi connectivity index (χ1) is 9.60. The lowest BCUT2D eigenvalue weighted by atomic mass is 10.1. The summed E-state index contributed by atoms with van der Waals surface area (Å²) in [5.41, 5.74) is 7.58. The minimum atomic E-state index is 0.141. The Kier molecular flexibility index (Phi) is 5.15. The third-order valence-corrected chi connectivity index (χ3v) is 4.12. The molecule has 0 spiro atoms. The molecule has 0 aliphatic carbocycles. The summed E-state index contributed by atoms with van der Waals surface area (Å²) in [4.78, 5) is 4.94. The van der Waals surface area contributed by atoms with Crippen LogP contribution in [-0.2, 0) is 6.54 Å². The van der Waals surface area contributed by atoms with Crippen molar-refractivity contribution >= 4 is 5.84 Å². The maximum Gasteiger partial charge on any atom is 0.122 e. The first kappa shape index (κ1) is 15.0. The summed E-state index contributed by atoms with van der Waals surface area (Å²) in [7, 11) is 2.17. The van der Waals surface area contributed by atoms with Crippen LogP contribution in [0.25, 0.3) is 0 Å². The Morgan fingerprint density at radius 1 is 1.50 bits per heavy atom. The lowest BCUT2D eigenvalue weighted by Crippen LogP contribution is -2.38. The van der Waals surface area contributed by atoms with E-state index in [0.29, 0.717) is 6.04 Å². The molecule has 1 heterocycles. The third-order valence-electron chi connectivity index (χ3n) is 4.12. The van der Waals surface area contributed by atoms with Gasteiger partial charge in [0, 0.05) is 24.7 Å². The van der Waals surface area contributed by atoms with E-state index in [9.17, 15) is 0 Å². The molecule has 0 aromatic heterocycles. The molecule has 1 aromatic carbocycles. The summed E-state index contributed by atoms with van der Waals surface area (Å²) >= 11 is 0. The molecule has 0 amide bonds. The Labute approximate surface area is 122 Å². The molecular formula is C16H26N4. The number of nitrogens with two attached hydrogens (primary N) is 1. The van der Waals surface area contributed by atoms with Crippen molar-refractivity contribution in [2.75, 3.05) is 26.7 Å². The first-order valence-corrected chi connectivity index (χ1v) is 7.46. The first-order valence-electron chi connectivity index (χ1n) is 7.46. The van der Waals surface area contributed by atoms with Crippen LogP contribution in [0.2, 0.25) is 0 Å². The van der Waals surface area contributed by atoms with Gasteiger partial charge in [-0.1, -0.05) is 25.1 Å². The Bertz CT molecular complexity index is 458. The van der Waals surface area contributed by atoms with Gasteiger partial charge >= 0.3 is 0 Å². The highest BCUT2D eigenvalue weighted by Gasteiger charge is 2.23. The zero-order chi connectivity index (χ0) is 14.5. The van der Waals surface area contributed by atoms with E-state index in [1.165, 1.54) is 24.9 Å². The van der Waals surface area contributed by atoms with Crippen molar-refractivity contribution in [1.82, 2.24) is 9.80 Å². The summed E-state index contributed by atoms with van der Waals surface area (Å²) in [6.07, 6.45) is 2.64. The van der Waals surface area contributed by atoms with Crippen LogP contribution in [0, 0.1) is 5.41 Å². The predicted octanol–water partition coefficient (Wildman–Crippen LogP) is 1.89. The fourth-order valence-electron chi connectivity index (χ4n) is 3.09. The van der Waals surface area contributed by atoms with E-state index < -0.39 is 0 Å². The monoisotopic (exact) mass is 274 g/mol. The second-order valence-electron chi connectivity index (χ2n) is 5.74. The number of benzene rings is 1. The standard InChI is InChI=1S/C16H26N4/c1-3-20-9-5-8-15(20)12-19(2)11-13-6-4-7-14(10-13)16(17)18/h4,6-7,10,15H,3,5,8-9,11-12H2,1-2H3,(H3,17,18). The molecule has 1 unspecified atom stereocenters. The molecule has 1 aliphatic heterocycles. The van der Waals surface area contributed by atoms with Crippen molar-refractivity contribution in [1.29, 1.82) is 5.41 Å². The van der Waals surface area contributed by atoms with E-state index in [4.69, 9.17) is 11.1 Å². The number of hydrogen-bond acceptors (Lipinski definition) is 3. The molecule has 110 valence electrons. The van der Waals surface area contributed by atoms with Crippen molar-refractivity contribution < 1.29 is 0 Å². The Morgan fingerprint density at radius 3 is 3.00 bits per heavy atom. The van der Waals surface area contributed by atoms with Gasteiger partial charge in [0.25, 0.3) is 0 Å². The Morgan fingerprint density at radius 2 is 2.30 bits per heavy atom. The molecule has 1 aromatic rings. The summed E-state index contributed by atoms with van der Waals surface area (Å²) in [6.45, 7) is 6.66. The molecule has 0 saturated carbocycles. The van der Waals surface area contributed by atoms with E-state index in [0.717, 1.165) is 25.2 Å². The highest BCUT2D eigenvalue weighted by molar-refractivity contribution is 5.95. The lowest BCUT2D eigenvalue weighted by molar-refractivity contribution is 0.195. The zero-order valence-electron chi connectivity index (χ0n) is 12.6. The number of nitrogens with zero attached hydrogens (tertiary/aromatic N) is 2. The van der Waals surface area contributed by atoms with E-state index in [1.807, 2.05) is 18.2 Å². The molecule has 1 saturated heterocycles. The normalized spacial score (nSPS) is 19.6. The van der Waals surface area contributed by atoms with Crippen molar-refractivity contribution in [2.24, 2.45) is 5.73 Å².